The first kappa shape index (κ1) is 15.5. The number of aliphatic hydroxyl groups is 2. The summed E-state index contributed by atoms with van der Waals surface area (Å²) in [7, 11) is 0. The second-order valence-electron chi connectivity index (χ2n) is 4.09. The molecule has 2 atom stereocenters. The number of hydrogen-bond donors (Lipinski definition) is 2. The third kappa shape index (κ3) is 4.28. The molecule has 5 heteroatoms. The van der Waals surface area contributed by atoms with Crippen LogP contribution in [0.3, 0.4) is 0 Å². The molecule has 100 valence electrons. The van der Waals surface area contributed by atoms with Crippen molar-refractivity contribution < 1.29 is 15.0 Å². The summed E-state index contributed by atoms with van der Waals surface area (Å²) in [6, 6.07) is 5.23. The Morgan fingerprint density at radius 1 is 1.44 bits per heavy atom. The Kier molecular flexibility index (Phi) is 6.15. The van der Waals surface area contributed by atoms with Gasteiger partial charge in [0.1, 0.15) is 6.10 Å². The second kappa shape index (κ2) is 7.14. The van der Waals surface area contributed by atoms with Crippen molar-refractivity contribution in [1.82, 2.24) is 0 Å². The van der Waals surface area contributed by atoms with Crippen LogP contribution in [-0.4, -0.2) is 27.2 Å². The Morgan fingerprint density at radius 2 is 2.11 bits per heavy atom. The molecule has 0 amide bonds. The lowest BCUT2D eigenvalue weighted by Gasteiger charge is -2.20. The highest BCUT2D eigenvalue weighted by Crippen LogP contribution is 2.27. The second-order valence-corrected chi connectivity index (χ2v) is 5.77. The zero-order chi connectivity index (χ0) is 13.7. The fourth-order valence-corrected chi connectivity index (χ4v) is 2.46. The van der Waals surface area contributed by atoms with Gasteiger partial charge in [-0.2, -0.15) is 0 Å². The SMILES string of the molecule is CC(=O)SCCC(O)C(O)c1cccc(Cl)c1C. The molecule has 1 rings (SSSR count). The van der Waals surface area contributed by atoms with Gasteiger partial charge in [-0.15, -0.1) is 0 Å². The Hall–Kier alpha value is -0.550. The van der Waals surface area contributed by atoms with Crippen LogP contribution >= 0.6 is 23.4 Å². The predicted octanol–water partition coefficient (Wildman–Crippen LogP) is 2.71. The molecular weight excluding hydrogens is 272 g/mol. The van der Waals surface area contributed by atoms with Gasteiger partial charge in [-0.3, -0.25) is 4.79 Å². The van der Waals surface area contributed by atoms with Gasteiger partial charge in [0.15, 0.2) is 5.12 Å². The van der Waals surface area contributed by atoms with E-state index in [0.29, 0.717) is 22.8 Å². The molecule has 0 aliphatic heterocycles. The van der Waals surface area contributed by atoms with E-state index in [2.05, 4.69) is 0 Å². The summed E-state index contributed by atoms with van der Waals surface area (Å²) in [5, 5.41) is 20.5. The molecule has 0 saturated heterocycles. The van der Waals surface area contributed by atoms with Crippen molar-refractivity contribution in [2.24, 2.45) is 0 Å². The highest BCUT2D eigenvalue weighted by atomic mass is 35.5. The van der Waals surface area contributed by atoms with E-state index in [-0.39, 0.29) is 5.12 Å². The minimum Gasteiger partial charge on any atom is -0.390 e. The summed E-state index contributed by atoms with van der Waals surface area (Å²) in [5.74, 6) is 0.493. The molecule has 0 aromatic heterocycles. The lowest BCUT2D eigenvalue weighted by Crippen LogP contribution is -2.20. The fourth-order valence-electron chi connectivity index (χ4n) is 1.63. The molecule has 18 heavy (non-hydrogen) atoms. The van der Waals surface area contributed by atoms with Crippen LogP contribution in [-0.2, 0) is 4.79 Å². The third-order valence-corrected chi connectivity index (χ3v) is 3.97. The van der Waals surface area contributed by atoms with Gasteiger partial charge in [0.25, 0.3) is 0 Å². The number of carbonyl (C=O) groups excluding carboxylic acids is 1. The summed E-state index contributed by atoms with van der Waals surface area (Å²) in [6.07, 6.45) is -1.51. The van der Waals surface area contributed by atoms with Crippen molar-refractivity contribution in [2.45, 2.75) is 32.5 Å². The average molecular weight is 289 g/mol. The van der Waals surface area contributed by atoms with Gasteiger partial charge in [0.05, 0.1) is 6.10 Å². The minimum atomic E-state index is -0.976. The van der Waals surface area contributed by atoms with Crippen LogP contribution < -0.4 is 0 Å². The van der Waals surface area contributed by atoms with Gasteiger partial charge < -0.3 is 10.2 Å². The third-order valence-electron chi connectivity index (χ3n) is 2.71. The molecule has 0 saturated carbocycles. The summed E-state index contributed by atoms with van der Waals surface area (Å²) in [5.41, 5.74) is 1.40. The molecule has 0 fully saturated rings. The minimum absolute atomic E-state index is 0.00984. The van der Waals surface area contributed by atoms with Gasteiger partial charge in [0, 0.05) is 17.7 Å². The molecular formula is C13H17ClO3S. The van der Waals surface area contributed by atoms with Crippen LogP contribution in [0, 0.1) is 6.92 Å². The first-order valence-electron chi connectivity index (χ1n) is 5.68. The molecule has 3 nitrogen and oxygen atoms in total. The van der Waals surface area contributed by atoms with E-state index < -0.39 is 12.2 Å². The molecule has 0 bridgehead atoms. The average Bonchev–Trinajstić information content (AvgIpc) is 2.31. The number of hydrogen-bond acceptors (Lipinski definition) is 4. The van der Waals surface area contributed by atoms with E-state index in [1.165, 1.54) is 6.92 Å². The van der Waals surface area contributed by atoms with Crippen molar-refractivity contribution in [3.8, 4) is 0 Å². The highest BCUT2D eigenvalue weighted by Gasteiger charge is 2.20. The maximum Gasteiger partial charge on any atom is 0.185 e. The molecule has 2 N–H and O–H groups in total. The molecule has 2 unspecified atom stereocenters. The maximum absolute atomic E-state index is 10.8. The number of benzene rings is 1. The first-order valence-corrected chi connectivity index (χ1v) is 7.04. The van der Waals surface area contributed by atoms with Crippen molar-refractivity contribution in [2.75, 3.05) is 5.75 Å². The number of aliphatic hydroxyl groups excluding tert-OH is 2. The number of thioether (sulfide) groups is 1. The van der Waals surface area contributed by atoms with Crippen LogP contribution in [0.5, 0.6) is 0 Å². The summed E-state index contributed by atoms with van der Waals surface area (Å²) in [4.78, 5) is 10.8. The summed E-state index contributed by atoms with van der Waals surface area (Å²) in [6.45, 7) is 3.28. The summed E-state index contributed by atoms with van der Waals surface area (Å²) < 4.78 is 0. The Bertz CT molecular complexity index is 423. The van der Waals surface area contributed by atoms with Crippen LogP contribution in [0.4, 0.5) is 0 Å². The zero-order valence-corrected chi connectivity index (χ0v) is 12.0. The van der Waals surface area contributed by atoms with Crippen molar-refractivity contribution in [3.63, 3.8) is 0 Å². The number of carbonyl (C=O) groups is 1. The van der Waals surface area contributed by atoms with E-state index in [9.17, 15) is 15.0 Å². The number of halogens is 1. The molecule has 0 spiro atoms. The molecule has 1 aromatic rings. The van der Waals surface area contributed by atoms with Crippen LogP contribution in [0.25, 0.3) is 0 Å². The van der Waals surface area contributed by atoms with E-state index in [1.807, 2.05) is 0 Å². The zero-order valence-electron chi connectivity index (χ0n) is 10.4. The molecule has 0 aliphatic carbocycles. The van der Waals surface area contributed by atoms with Gasteiger partial charge in [0.2, 0.25) is 0 Å². The maximum atomic E-state index is 10.8. The number of rotatable bonds is 5. The normalized spacial score (nSPS) is 14.3. The van der Waals surface area contributed by atoms with E-state index in [4.69, 9.17) is 11.6 Å². The van der Waals surface area contributed by atoms with E-state index in [0.717, 1.165) is 17.3 Å². The summed E-state index contributed by atoms with van der Waals surface area (Å²) >= 11 is 7.11. The van der Waals surface area contributed by atoms with Crippen LogP contribution in [0.1, 0.15) is 30.6 Å². The Labute approximate surface area is 116 Å². The van der Waals surface area contributed by atoms with Crippen LogP contribution in [0.15, 0.2) is 18.2 Å². The predicted molar refractivity (Wildman–Crippen MR) is 74.9 cm³/mol. The lowest BCUT2D eigenvalue weighted by molar-refractivity contribution is -0.109. The topological polar surface area (TPSA) is 57.5 Å². The van der Waals surface area contributed by atoms with Gasteiger partial charge in [-0.05, 0) is 30.5 Å². The van der Waals surface area contributed by atoms with E-state index >= 15 is 0 Å². The molecule has 1 aromatic carbocycles. The van der Waals surface area contributed by atoms with Gasteiger partial charge in [-0.1, -0.05) is 35.5 Å². The Balaban J connectivity index is 2.65. The van der Waals surface area contributed by atoms with Crippen molar-refractivity contribution in [1.29, 1.82) is 0 Å². The first-order chi connectivity index (χ1) is 8.43. The van der Waals surface area contributed by atoms with Crippen molar-refractivity contribution in [3.05, 3.63) is 34.3 Å². The lowest BCUT2D eigenvalue weighted by atomic mass is 9.98. The molecule has 0 radical (unpaired) electrons. The van der Waals surface area contributed by atoms with Gasteiger partial charge in [-0.25, -0.2) is 0 Å². The van der Waals surface area contributed by atoms with E-state index in [1.54, 1.807) is 25.1 Å². The largest absolute Gasteiger partial charge is 0.390 e. The van der Waals surface area contributed by atoms with Crippen LogP contribution in [0.2, 0.25) is 5.02 Å². The Morgan fingerprint density at radius 3 is 2.72 bits per heavy atom. The smallest absolute Gasteiger partial charge is 0.185 e. The molecule has 0 heterocycles. The van der Waals surface area contributed by atoms with Gasteiger partial charge >= 0.3 is 0 Å². The van der Waals surface area contributed by atoms with Crippen molar-refractivity contribution >= 4 is 28.5 Å². The highest BCUT2D eigenvalue weighted by molar-refractivity contribution is 8.13. The molecule has 0 aliphatic rings. The standard InChI is InChI=1S/C13H17ClO3S/c1-8-10(4-3-5-11(8)14)13(17)12(16)6-7-18-9(2)15/h3-5,12-13,16-17H,6-7H2,1-2H3. The fraction of sp³-hybridized carbons (Fsp3) is 0.462. The quantitative estimate of drug-likeness (QED) is 0.875. The monoisotopic (exact) mass is 288 g/mol.